The van der Waals surface area contributed by atoms with Crippen molar-refractivity contribution < 1.29 is 41.3 Å². The van der Waals surface area contributed by atoms with Crippen LogP contribution in [0.25, 0.3) is 11.1 Å². The molecule has 4 unspecified atom stereocenters. The third-order valence-electron chi connectivity index (χ3n) is 10.1. The molecule has 6 rings (SSSR count). The minimum absolute atomic E-state index is 0.0292. The number of aliphatic hydroxyl groups is 1. The molecule has 2 aliphatic rings. The summed E-state index contributed by atoms with van der Waals surface area (Å²) in [6.07, 6.45) is 5.62. The SMILES string of the molecule is C=CCN(CC1OC(c2ccc(-c3cccc(CNC(=O)c4c(F)c(F)c(F)c(F)c4F)c3)cc2)OC(c2ccc(CO)cc2)C1C)C1CCCC1. The molecule has 4 atom stereocenters. The molecule has 0 bridgehead atoms. The molecule has 274 valence electrons. The van der Waals surface area contributed by atoms with E-state index in [1.165, 1.54) is 12.8 Å². The van der Waals surface area contributed by atoms with Gasteiger partial charge in [0.15, 0.2) is 29.6 Å². The van der Waals surface area contributed by atoms with Gasteiger partial charge in [0.05, 0.1) is 18.8 Å². The summed E-state index contributed by atoms with van der Waals surface area (Å²) in [5.74, 6) is -12.5. The van der Waals surface area contributed by atoms with Crippen LogP contribution >= 0.6 is 0 Å². The van der Waals surface area contributed by atoms with E-state index in [1.807, 2.05) is 60.7 Å². The van der Waals surface area contributed by atoms with Crippen LogP contribution in [-0.4, -0.2) is 41.1 Å². The maximum Gasteiger partial charge on any atom is 0.257 e. The lowest BCUT2D eigenvalue weighted by Gasteiger charge is -2.43. The maximum absolute atomic E-state index is 14.1. The number of carbonyl (C=O) groups excluding carboxylic acids is 1. The number of benzene rings is 4. The van der Waals surface area contributed by atoms with Crippen LogP contribution in [0.2, 0.25) is 0 Å². The van der Waals surface area contributed by atoms with Crippen LogP contribution in [0.5, 0.6) is 0 Å². The summed E-state index contributed by atoms with van der Waals surface area (Å²) < 4.78 is 82.4. The number of nitrogens with zero attached hydrogens (tertiary/aromatic N) is 1. The average Bonchev–Trinajstić information content (AvgIpc) is 3.72. The van der Waals surface area contributed by atoms with E-state index in [1.54, 1.807) is 18.2 Å². The molecule has 1 amide bonds. The van der Waals surface area contributed by atoms with E-state index < -0.39 is 46.8 Å². The maximum atomic E-state index is 14.1. The summed E-state index contributed by atoms with van der Waals surface area (Å²) in [6, 6.07) is 22.9. The largest absolute Gasteiger partial charge is 0.392 e. The third-order valence-corrected chi connectivity index (χ3v) is 10.1. The number of aliphatic hydroxyl groups excluding tert-OH is 1. The van der Waals surface area contributed by atoms with Gasteiger partial charge in [-0.3, -0.25) is 9.69 Å². The zero-order valence-electron chi connectivity index (χ0n) is 28.8. The van der Waals surface area contributed by atoms with E-state index in [9.17, 15) is 31.9 Å². The van der Waals surface area contributed by atoms with Crippen molar-refractivity contribution >= 4 is 5.91 Å². The topological polar surface area (TPSA) is 71.0 Å². The van der Waals surface area contributed by atoms with E-state index in [0.717, 1.165) is 53.7 Å². The zero-order chi connectivity index (χ0) is 36.9. The number of carbonyl (C=O) groups is 1. The molecule has 6 nitrogen and oxygen atoms in total. The predicted molar refractivity (Wildman–Crippen MR) is 186 cm³/mol. The van der Waals surface area contributed by atoms with Crippen molar-refractivity contribution in [2.75, 3.05) is 13.1 Å². The summed E-state index contributed by atoms with van der Waals surface area (Å²) in [7, 11) is 0. The number of amides is 1. The van der Waals surface area contributed by atoms with Gasteiger partial charge in [0.2, 0.25) is 5.82 Å². The van der Waals surface area contributed by atoms with Gasteiger partial charge >= 0.3 is 0 Å². The first-order chi connectivity index (χ1) is 25.1. The van der Waals surface area contributed by atoms with Crippen molar-refractivity contribution in [3.8, 4) is 11.1 Å². The van der Waals surface area contributed by atoms with Gasteiger partial charge < -0.3 is 19.9 Å². The Kier molecular flexibility index (Phi) is 11.8. The minimum Gasteiger partial charge on any atom is -0.392 e. The van der Waals surface area contributed by atoms with Gasteiger partial charge in [0.25, 0.3) is 5.91 Å². The van der Waals surface area contributed by atoms with Crippen molar-refractivity contribution in [1.82, 2.24) is 10.2 Å². The molecule has 0 aromatic heterocycles. The van der Waals surface area contributed by atoms with Gasteiger partial charge in [-0.15, -0.1) is 6.58 Å². The fourth-order valence-electron chi connectivity index (χ4n) is 7.14. The van der Waals surface area contributed by atoms with Crippen molar-refractivity contribution in [2.45, 2.75) is 70.3 Å². The second-order valence-electron chi connectivity index (χ2n) is 13.5. The molecule has 1 aliphatic heterocycles. The molecular weight excluding hydrogens is 679 g/mol. The summed E-state index contributed by atoms with van der Waals surface area (Å²) in [6.45, 7) is 7.38. The molecule has 0 radical (unpaired) electrons. The number of halogens is 5. The number of hydrogen-bond donors (Lipinski definition) is 2. The Morgan fingerprint density at radius 2 is 1.48 bits per heavy atom. The molecule has 1 aliphatic carbocycles. The summed E-state index contributed by atoms with van der Waals surface area (Å²) in [5, 5.41) is 11.8. The number of rotatable bonds is 12. The molecule has 4 aromatic carbocycles. The fraction of sp³-hybridized carbons (Fsp3) is 0.341. The molecule has 4 aromatic rings. The smallest absolute Gasteiger partial charge is 0.257 e. The van der Waals surface area contributed by atoms with Crippen LogP contribution in [0.15, 0.2) is 85.5 Å². The highest BCUT2D eigenvalue weighted by atomic mass is 19.2. The average molecular weight is 721 g/mol. The molecule has 2 fully saturated rings. The minimum atomic E-state index is -2.33. The first-order valence-electron chi connectivity index (χ1n) is 17.4. The van der Waals surface area contributed by atoms with E-state index in [2.05, 4.69) is 23.7 Å². The first-order valence-corrected chi connectivity index (χ1v) is 17.4. The fourth-order valence-corrected chi connectivity index (χ4v) is 7.14. The second-order valence-corrected chi connectivity index (χ2v) is 13.5. The van der Waals surface area contributed by atoms with Crippen molar-refractivity contribution in [3.63, 3.8) is 0 Å². The number of nitrogens with one attached hydrogen (secondary N) is 1. The second kappa shape index (κ2) is 16.5. The van der Waals surface area contributed by atoms with Gasteiger partial charge in [-0.1, -0.05) is 92.6 Å². The highest BCUT2D eigenvalue weighted by molar-refractivity contribution is 5.94. The van der Waals surface area contributed by atoms with Gasteiger partial charge in [-0.25, -0.2) is 22.0 Å². The molecule has 2 N–H and O–H groups in total. The summed E-state index contributed by atoms with van der Waals surface area (Å²) in [4.78, 5) is 14.9. The number of ether oxygens (including phenoxy) is 2. The van der Waals surface area contributed by atoms with Crippen molar-refractivity contribution in [3.05, 3.63) is 142 Å². The Balaban J connectivity index is 1.19. The Hall–Kier alpha value is -4.42. The van der Waals surface area contributed by atoms with Crippen LogP contribution in [0, 0.1) is 35.0 Å². The highest BCUT2D eigenvalue weighted by Crippen LogP contribution is 2.42. The lowest BCUT2D eigenvalue weighted by molar-refractivity contribution is -0.276. The van der Waals surface area contributed by atoms with Crippen LogP contribution in [0.3, 0.4) is 0 Å². The van der Waals surface area contributed by atoms with E-state index in [4.69, 9.17) is 9.47 Å². The lowest BCUT2D eigenvalue weighted by Crippen LogP contribution is -2.47. The van der Waals surface area contributed by atoms with Crippen LogP contribution in [0.1, 0.15) is 77.6 Å². The monoisotopic (exact) mass is 720 g/mol. The highest BCUT2D eigenvalue weighted by Gasteiger charge is 2.40. The molecular formula is C41H41F5N2O4. The number of hydrogen-bond acceptors (Lipinski definition) is 5. The first kappa shape index (κ1) is 37.3. The quantitative estimate of drug-likeness (QED) is 0.0664. The zero-order valence-corrected chi connectivity index (χ0v) is 28.8. The van der Waals surface area contributed by atoms with Crippen LogP contribution < -0.4 is 5.32 Å². The standard InChI is InChI=1S/C41H41F5N2O4/c1-3-19-48(31-9-4-5-10-31)22-32-24(2)39(28-13-11-25(23-49)12-14-28)52-41(51-32)29-17-15-27(16-18-29)30-8-6-7-26(20-30)21-47-40(50)33-34(42)36(44)38(46)37(45)35(33)43/h3,6-8,11-18,20,24,31-32,39,41,49H,1,4-5,9-10,19,21-23H2,2H3,(H,47,50). The van der Waals surface area contributed by atoms with Gasteiger partial charge in [0, 0.05) is 37.2 Å². The van der Waals surface area contributed by atoms with Crippen LogP contribution in [-0.2, 0) is 22.6 Å². The van der Waals surface area contributed by atoms with E-state index in [-0.39, 0.29) is 31.3 Å². The van der Waals surface area contributed by atoms with Crippen molar-refractivity contribution in [2.24, 2.45) is 5.92 Å². The third kappa shape index (κ3) is 7.97. The molecule has 1 saturated heterocycles. The lowest BCUT2D eigenvalue weighted by atomic mass is 9.89. The summed E-state index contributed by atoms with van der Waals surface area (Å²) >= 11 is 0. The molecule has 0 spiro atoms. The Morgan fingerprint density at radius 3 is 2.12 bits per heavy atom. The predicted octanol–water partition coefficient (Wildman–Crippen LogP) is 8.69. The Bertz CT molecular complexity index is 1850. The summed E-state index contributed by atoms with van der Waals surface area (Å²) in [5.41, 5.74) is 3.23. The molecule has 1 heterocycles. The molecule has 11 heteroatoms. The Morgan fingerprint density at radius 1 is 0.846 bits per heavy atom. The van der Waals surface area contributed by atoms with Gasteiger partial charge in [-0.05, 0) is 46.7 Å². The van der Waals surface area contributed by atoms with Crippen LogP contribution in [0.4, 0.5) is 22.0 Å². The Labute approximate surface area is 299 Å². The molecule has 1 saturated carbocycles. The molecule has 52 heavy (non-hydrogen) atoms. The van der Waals surface area contributed by atoms with Gasteiger partial charge in [0.1, 0.15) is 5.56 Å². The van der Waals surface area contributed by atoms with Gasteiger partial charge in [-0.2, -0.15) is 0 Å². The van der Waals surface area contributed by atoms with E-state index in [0.29, 0.717) is 11.6 Å². The van der Waals surface area contributed by atoms with E-state index >= 15 is 0 Å². The van der Waals surface area contributed by atoms with Crippen molar-refractivity contribution in [1.29, 1.82) is 0 Å². The normalized spacial score (nSPS) is 20.7.